The Morgan fingerprint density at radius 1 is 1.22 bits per heavy atom. The monoisotopic (exact) mass is 367 g/mol. The largest absolute Gasteiger partial charge is 0.490 e. The quantitative estimate of drug-likeness (QED) is 0.423. The molecule has 0 radical (unpaired) electrons. The molecule has 138 valence electrons. The molecule has 0 saturated carbocycles. The molecule has 0 atom stereocenters. The number of hydrogen-bond acceptors (Lipinski definition) is 5. The molecule has 0 spiro atoms. The number of carbonyl (C=O) groups is 2. The predicted octanol–water partition coefficient (Wildman–Crippen LogP) is 3.35. The molecule has 0 saturated heterocycles. The third-order valence-electron chi connectivity index (χ3n) is 4.24. The molecule has 1 aromatic carbocycles. The Morgan fingerprint density at radius 2 is 1.96 bits per heavy atom. The van der Waals surface area contributed by atoms with Gasteiger partial charge in [0.25, 0.3) is 0 Å². The first-order valence-electron chi connectivity index (χ1n) is 8.09. The van der Waals surface area contributed by atoms with Crippen LogP contribution in [0.1, 0.15) is 28.5 Å². The Morgan fingerprint density at radius 3 is 2.59 bits per heavy atom. The van der Waals surface area contributed by atoms with E-state index >= 15 is 0 Å². The number of nitro benzene ring substituents is 1. The number of aromatic nitrogens is 1. The van der Waals surface area contributed by atoms with E-state index in [-0.39, 0.29) is 28.7 Å². The van der Waals surface area contributed by atoms with Gasteiger partial charge in [-0.1, -0.05) is 6.07 Å². The fourth-order valence-corrected chi connectivity index (χ4v) is 3.05. The van der Waals surface area contributed by atoms with E-state index in [1.807, 2.05) is 6.07 Å². The smallest absolute Gasteiger partial charge is 0.310 e. The molecule has 2 aromatic heterocycles. The van der Waals surface area contributed by atoms with Crippen LogP contribution in [-0.4, -0.2) is 28.1 Å². The van der Waals surface area contributed by atoms with Crippen molar-refractivity contribution in [3.63, 3.8) is 0 Å². The van der Waals surface area contributed by atoms with Crippen LogP contribution >= 0.6 is 0 Å². The minimum Gasteiger partial charge on any atom is -0.490 e. The number of rotatable bonds is 5. The van der Waals surface area contributed by atoms with E-state index < -0.39 is 4.92 Å². The molecule has 0 bridgehead atoms. The first kappa shape index (κ1) is 18.1. The van der Waals surface area contributed by atoms with Crippen molar-refractivity contribution >= 4 is 28.6 Å². The lowest BCUT2D eigenvalue weighted by molar-refractivity contribution is -0.385. The van der Waals surface area contributed by atoms with Gasteiger partial charge in [0.1, 0.15) is 0 Å². The molecule has 0 aliphatic carbocycles. The second-order valence-corrected chi connectivity index (χ2v) is 5.96. The number of fused-ring (bicyclic) bond motifs is 1. The van der Waals surface area contributed by atoms with Crippen LogP contribution < -0.4 is 10.1 Å². The van der Waals surface area contributed by atoms with Crippen molar-refractivity contribution in [1.82, 2.24) is 4.40 Å². The normalized spacial score (nSPS) is 10.6. The molecular formula is C19H17N3O5. The summed E-state index contributed by atoms with van der Waals surface area (Å²) in [5, 5.41) is 13.8. The lowest BCUT2D eigenvalue weighted by Gasteiger charge is -2.06. The Labute approximate surface area is 154 Å². The summed E-state index contributed by atoms with van der Waals surface area (Å²) in [5.74, 6) is -0.574. The van der Waals surface area contributed by atoms with E-state index in [4.69, 9.17) is 4.74 Å². The number of pyridine rings is 1. The molecule has 3 aromatic rings. The van der Waals surface area contributed by atoms with Crippen molar-refractivity contribution in [2.45, 2.75) is 13.8 Å². The van der Waals surface area contributed by atoms with Crippen LogP contribution in [0.25, 0.3) is 5.52 Å². The number of carbonyl (C=O) groups excluding carboxylic acids is 2. The zero-order chi connectivity index (χ0) is 19.7. The van der Waals surface area contributed by atoms with E-state index in [1.54, 1.807) is 29.7 Å². The molecule has 0 aliphatic rings. The van der Waals surface area contributed by atoms with Crippen molar-refractivity contribution in [3.8, 4) is 5.75 Å². The van der Waals surface area contributed by atoms with Crippen molar-refractivity contribution in [1.29, 1.82) is 0 Å². The third-order valence-corrected chi connectivity index (χ3v) is 4.24. The number of amides is 1. The lowest BCUT2D eigenvalue weighted by atomic mass is 10.0. The van der Waals surface area contributed by atoms with Crippen molar-refractivity contribution in [3.05, 3.63) is 69.5 Å². The lowest BCUT2D eigenvalue weighted by Crippen LogP contribution is -2.08. The second kappa shape index (κ2) is 6.91. The van der Waals surface area contributed by atoms with Crippen LogP contribution in [0.4, 0.5) is 11.4 Å². The highest BCUT2D eigenvalue weighted by Gasteiger charge is 2.24. The predicted molar refractivity (Wildman–Crippen MR) is 99.5 cm³/mol. The first-order chi connectivity index (χ1) is 12.8. The van der Waals surface area contributed by atoms with Crippen LogP contribution in [0.15, 0.2) is 42.6 Å². The molecule has 0 aliphatic heterocycles. The highest BCUT2D eigenvalue weighted by molar-refractivity contribution is 6.12. The molecule has 27 heavy (non-hydrogen) atoms. The van der Waals surface area contributed by atoms with Crippen molar-refractivity contribution in [2.24, 2.45) is 0 Å². The maximum absolute atomic E-state index is 13.2. The molecule has 8 heteroatoms. The molecule has 0 unspecified atom stereocenters. The zero-order valence-electron chi connectivity index (χ0n) is 15.0. The number of benzene rings is 1. The van der Waals surface area contributed by atoms with Gasteiger partial charge in [0, 0.05) is 30.3 Å². The van der Waals surface area contributed by atoms with Crippen molar-refractivity contribution in [2.75, 3.05) is 12.4 Å². The van der Waals surface area contributed by atoms with E-state index in [1.165, 1.54) is 32.2 Å². The second-order valence-electron chi connectivity index (χ2n) is 5.96. The number of hydrogen-bond donors (Lipinski definition) is 1. The van der Waals surface area contributed by atoms with Crippen LogP contribution in [0.2, 0.25) is 0 Å². The average molecular weight is 367 g/mol. The summed E-state index contributed by atoms with van der Waals surface area (Å²) in [5.41, 5.74) is 2.25. The molecule has 1 N–H and O–H groups in total. The number of ether oxygens (including phenoxy) is 1. The number of nitrogens with zero attached hydrogens (tertiary/aromatic N) is 2. The van der Waals surface area contributed by atoms with Gasteiger partial charge < -0.3 is 14.5 Å². The standard InChI is InChI=1S/C19H17N3O5/c1-11-17(20-12(2)23)15-6-4-5-9-21(15)18(11)19(24)13-7-8-14(22(25)26)16(10-13)27-3/h4-10H,1-3H3,(H,20,23). The maximum Gasteiger partial charge on any atom is 0.310 e. The van der Waals surface area contributed by atoms with Gasteiger partial charge in [-0.2, -0.15) is 0 Å². The fraction of sp³-hybridized carbons (Fsp3) is 0.158. The van der Waals surface area contributed by atoms with Crippen LogP contribution in [-0.2, 0) is 4.79 Å². The van der Waals surface area contributed by atoms with E-state index in [0.717, 1.165) is 0 Å². The highest BCUT2D eigenvalue weighted by Crippen LogP contribution is 2.32. The average Bonchev–Trinajstić information content (AvgIpc) is 2.92. The number of methoxy groups -OCH3 is 1. The van der Waals surface area contributed by atoms with E-state index in [2.05, 4.69) is 5.32 Å². The van der Waals surface area contributed by atoms with E-state index in [9.17, 15) is 19.7 Å². The summed E-state index contributed by atoms with van der Waals surface area (Å²) in [6, 6.07) is 9.36. The zero-order valence-corrected chi connectivity index (χ0v) is 15.0. The van der Waals surface area contributed by atoms with Crippen molar-refractivity contribution < 1.29 is 19.2 Å². The topological polar surface area (TPSA) is 103 Å². The molecule has 8 nitrogen and oxygen atoms in total. The van der Waals surface area contributed by atoms with Gasteiger partial charge in [-0.15, -0.1) is 0 Å². The summed E-state index contributed by atoms with van der Waals surface area (Å²) in [6.07, 6.45) is 1.73. The summed E-state index contributed by atoms with van der Waals surface area (Å²) < 4.78 is 6.74. The fourth-order valence-electron chi connectivity index (χ4n) is 3.05. The van der Waals surface area contributed by atoms with Crippen LogP contribution in [0, 0.1) is 17.0 Å². The Kier molecular flexibility index (Phi) is 4.64. The Bertz CT molecular complexity index is 1080. The Balaban J connectivity index is 2.18. The van der Waals surface area contributed by atoms with Gasteiger partial charge in [-0.05, 0) is 31.2 Å². The highest BCUT2D eigenvalue weighted by atomic mass is 16.6. The van der Waals surface area contributed by atoms with Gasteiger partial charge in [0.15, 0.2) is 5.75 Å². The molecule has 1 amide bonds. The number of anilines is 1. The summed E-state index contributed by atoms with van der Waals surface area (Å²) in [7, 11) is 1.31. The Hall–Kier alpha value is -3.68. The molecule has 2 heterocycles. The first-order valence-corrected chi connectivity index (χ1v) is 8.09. The summed E-state index contributed by atoms with van der Waals surface area (Å²) in [4.78, 5) is 35.2. The molecule has 3 rings (SSSR count). The van der Waals surface area contributed by atoms with Crippen LogP contribution in [0.5, 0.6) is 5.75 Å². The van der Waals surface area contributed by atoms with Gasteiger partial charge in [0.05, 0.1) is 28.9 Å². The van der Waals surface area contributed by atoms with Gasteiger partial charge in [-0.3, -0.25) is 19.7 Å². The van der Waals surface area contributed by atoms with Crippen LogP contribution in [0.3, 0.4) is 0 Å². The van der Waals surface area contributed by atoms with E-state index in [0.29, 0.717) is 22.5 Å². The third kappa shape index (κ3) is 3.12. The van der Waals surface area contributed by atoms with Gasteiger partial charge >= 0.3 is 5.69 Å². The minimum absolute atomic E-state index is 0.00597. The molecular weight excluding hydrogens is 350 g/mol. The number of ketones is 1. The minimum atomic E-state index is -0.570. The maximum atomic E-state index is 13.2. The van der Waals surface area contributed by atoms with Gasteiger partial charge in [-0.25, -0.2) is 0 Å². The van der Waals surface area contributed by atoms with Gasteiger partial charge in [0.2, 0.25) is 11.7 Å². The number of nitro groups is 1. The summed E-state index contributed by atoms with van der Waals surface area (Å²) >= 11 is 0. The molecule has 0 fully saturated rings. The number of nitrogens with one attached hydrogen (secondary N) is 1. The summed E-state index contributed by atoms with van der Waals surface area (Å²) in [6.45, 7) is 3.14. The SMILES string of the molecule is COc1cc(C(=O)c2c(C)c(NC(C)=O)c3ccccn23)ccc1[N+](=O)[O-].